The van der Waals surface area contributed by atoms with Crippen LogP contribution >= 0.6 is 0 Å². The maximum atomic E-state index is 11.5. The van der Waals surface area contributed by atoms with Crippen LogP contribution in [0.15, 0.2) is 6.20 Å². The molecule has 1 aromatic rings. The van der Waals surface area contributed by atoms with E-state index in [4.69, 9.17) is 4.74 Å². The van der Waals surface area contributed by atoms with Crippen LogP contribution in [0.3, 0.4) is 0 Å². The van der Waals surface area contributed by atoms with Crippen LogP contribution in [0, 0.1) is 0 Å². The number of alkyl carbamates (subject to hydrolysis) is 1. The molecule has 1 amide bonds. The second-order valence-corrected chi connectivity index (χ2v) is 4.58. The molecule has 0 saturated carbocycles. The maximum Gasteiger partial charge on any atom is 0.408 e. The molecule has 0 aliphatic heterocycles. The zero-order chi connectivity index (χ0) is 13.1. The van der Waals surface area contributed by atoms with Crippen molar-refractivity contribution < 1.29 is 14.3 Å². The highest BCUT2D eigenvalue weighted by molar-refractivity contribution is 5.74. The third kappa shape index (κ3) is 4.21. The Morgan fingerprint density at radius 3 is 2.65 bits per heavy atom. The van der Waals surface area contributed by atoms with E-state index in [2.05, 4.69) is 15.6 Å². The van der Waals surface area contributed by atoms with Crippen molar-refractivity contribution in [3.63, 3.8) is 0 Å². The van der Waals surface area contributed by atoms with Gasteiger partial charge in [0, 0.05) is 7.05 Å². The van der Waals surface area contributed by atoms with Crippen LogP contribution in [0.25, 0.3) is 0 Å². The van der Waals surface area contributed by atoms with Crippen LogP contribution < -0.4 is 5.32 Å². The fourth-order valence-electron chi connectivity index (χ4n) is 1.12. The third-order valence-corrected chi connectivity index (χ3v) is 1.75. The van der Waals surface area contributed by atoms with Gasteiger partial charge in [-0.2, -0.15) is 0 Å². The predicted octanol–water partition coefficient (Wildman–Crippen LogP) is 0.580. The fourth-order valence-corrected chi connectivity index (χ4v) is 1.12. The first-order chi connectivity index (χ1) is 7.81. The van der Waals surface area contributed by atoms with Gasteiger partial charge in [0.2, 0.25) is 0 Å². The number of carbonyl (C=O) groups is 2. The second kappa shape index (κ2) is 4.94. The number of aldehydes is 1. The summed E-state index contributed by atoms with van der Waals surface area (Å²) in [5.74, 6) is 0. The van der Waals surface area contributed by atoms with Gasteiger partial charge in [0.05, 0.1) is 6.20 Å². The van der Waals surface area contributed by atoms with Gasteiger partial charge in [0.1, 0.15) is 23.6 Å². The lowest BCUT2D eigenvalue weighted by atomic mass is 10.2. The average molecular weight is 240 g/mol. The zero-order valence-corrected chi connectivity index (χ0v) is 10.3. The Bertz CT molecular complexity index is 408. The number of hydrogen-bond acceptors (Lipinski definition) is 5. The van der Waals surface area contributed by atoms with Gasteiger partial charge >= 0.3 is 6.09 Å². The summed E-state index contributed by atoms with van der Waals surface area (Å²) < 4.78 is 6.48. The summed E-state index contributed by atoms with van der Waals surface area (Å²) in [4.78, 5) is 22.3. The second-order valence-electron chi connectivity index (χ2n) is 4.58. The summed E-state index contributed by atoms with van der Waals surface area (Å²) in [5, 5.41) is 9.84. The average Bonchev–Trinajstić information content (AvgIpc) is 2.58. The lowest BCUT2D eigenvalue weighted by Crippen LogP contribution is -2.35. The molecule has 0 aliphatic rings. The van der Waals surface area contributed by atoms with Crippen molar-refractivity contribution >= 4 is 12.4 Å². The topological polar surface area (TPSA) is 86.1 Å². The molecule has 1 atom stereocenters. The fraction of sp³-hybridized carbons (Fsp3) is 0.600. The van der Waals surface area contributed by atoms with Gasteiger partial charge in [0.15, 0.2) is 0 Å². The van der Waals surface area contributed by atoms with Gasteiger partial charge in [-0.05, 0) is 20.8 Å². The van der Waals surface area contributed by atoms with E-state index in [1.165, 1.54) is 4.68 Å². The lowest BCUT2D eigenvalue weighted by molar-refractivity contribution is -0.109. The van der Waals surface area contributed by atoms with Crippen LogP contribution in [-0.2, 0) is 16.6 Å². The Kier molecular flexibility index (Phi) is 3.82. The van der Waals surface area contributed by atoms with Crippen LogP contribution in [0.2, 0.25) is 0 Å². The molecule has 1 unspecified atom stereocenters. The molecule has 0 spiro atoms. The van der Waals surface area contributed by atoms with E-state index in [0.717, 1.165) is 0 Å². The Balaban J connectivity index is 2.65. The molecule has 1 N–H and O–H groups in total. The van der Waals surface area contributed by atoms with Gasteiger partial charge in [0.25, 0.3) is 0 Å². The van der Waals surface area contributed by atoms with E-state index < -0.39 is 17.7 Å². The minimum Gasteiger partial charge on any atom is -0.444 e. The summed E-state index contributed by atoms with van der Waals surface area (Å²) in [7, 11) is 1.67. The highest BCUT2D eigenvalue weighted by atomic mass is 16.6. The van der Waals surface area contributed by atoms with Crippen molar-refractivity contribution in [1.29, 1.82) is 0 Å². The summed E-state index contributed by atoms with van der Waals surface area (Å²) in [6, 6.07) is -0.849. The molecule has 7 heteroatoms. The van der Waals surface area contributed by atoms with Crippen molar-refractivity contribution in [1.82, 2.24) is 20.3 Å². The van der Waals surface area contributed by atoms with E-state index in [1.54, 1.807) is 34.0 Å². The number of nitrogens with zero attached hydrogens (tertiary/aromatic N) is 3. The van der Waals surface area contributed by atoms with Gasteiger partial charge in [-0.25, -0.2) is 4.79 Å². The van der Waals surface area contributed by atoms with Crippen molar-refractivity contribution in [2.75, 3.05) is 0 Å². The summed E-state index contributed by atoms with van der Waals surface area (Å²) >= 11 is 0. The smallest absolute Gasteiger partial charge is 0.408 e. The van der Waals surface area contributed by atoms with E-state index in [0.29, 0.717) is 12.0 Å². The number of amides is 1. The maximum absolute atomic E-state index is 11.5. The Morgan fingerprint density at radius 2 is 2.24 bits per heavy atom. The summed E-state index contributed by atoms with van der Waals surface area (Å²) in [6.45, 7) is 5.22. The first-order valence-corrected chi connectivity index (χ1v) is 5.13. The number of carbonyl (C=O) groups excluding carboxylic acids is 2. The van der Waals surface area contributed by atoms with Crippen molar-refractivity contribution in [3.05, 3.63) is 11.9 Å². The molecule has 0 saturated heterocycles. The van der Waals surface area contributed by atoms with Crippen molar-refractivity contribution in [2.45, 2.75) is 32.4 Å². The molecule has 1 heterocycles. The van der Waals surface area contributed by atoms with Crippen LogP contribution in [0.4, 0.5) is 4.79 Å². The molecular formula is C10H16N4O3. The molecule has 7 nitrogen and oxygen atoms in total. The van der Waals surface area contributed by atoms with Crippen molar-refractivity contribution in [3.8, 4) is 0 Å². The Labute approximate surface area is 99.1 Å². The van der Waals surface area contributed by atoms with E-state index in [1.807, 2.05) is 0 Å². The molecule has 0 fully saturated rings. The van der Waals surface area contributed by atoms with E-state index in [-0.39, 0.29) is 0 Å². The van der Waals surface area contributed by atoms with E-state index in [9.17, 15) is 9.59 Å². The number of rotatable bonds is 3. The third-order valence-electron chi connectivity index (χ3n) is 1.75. The highest BCUT2D eigenvalue weighted by Crippen LogP contribution is 2.10. The predicted molar refractivity (Wildman–Crippen MR) is 59.2 cm³/mol. The number of ether oxygens (including phenoxy) is 1. The standard InChI is InChI=1S/C10H16N4O3/c1-10(2,3)17-9(16)11-8(6-15)7-5-14(4)13-12-7/h5-6,8H,1-4H3,(H,11,16). The lowest BCUT2D eigenvalue weighted by Gasteiger charge is -2.20. The van der Waals surface area contributed by atoms with Gasteiger partial charge < -0.3 is 14.8 Å². The molecule has 0 aliphatic carbocycles. The van der Waals surface area contributed by atoms with Crippen LogP contribution in [0.1, 0.15) is 32.5 Å². The molecule has 0 bridgehead atoms. The SMILES string of the molecule is Cn1cc(C(C=O)NC(=O)OC(C)(C)C)nn1. The highest BCUT2D eigenvalue weighted by Gasteiger charge is 2.21. The number of nitrogens with one attached hydrogen (secondary N) is 1. The molecule has 94 valence electrons. The molecule has 1 aromatic heterocycles. The normalized spacial score (nSPS) is 12.9. The van der Waals surface area contributed by atoms with Gasteiger partial charge in [-0.15, -0.1) is 5.10 Å². The molecule has 17 heavy (non-hydrogen) atoms. The number of hydrogen-bond donors (Lipinski definition) is 1. The first-order valence-electron chi connectivity index (χ1n) is 5.13. The zero-order valence-electron chi connectivity index (χ0n) is 10.3. The Hall–Kier alpha value is -1.92. The quantitative estimate of drug-likeness (QED) is 0.781. The monoisotopic (exact) mass is 240 g/mol. The molecular weight excluding hydrogens is 224 g/mol. The van der Waals surface area contributed by atoms with Crippen LogP contribution in [-0.4, -0.2) is 33.0 Å². The number of aromatic nitrogens is 3. The molecule has 0 radical (unpaired) electrons. The summed E-state index contributed by atoms with van der Waals surface area (Å²) in [5.41, 5.74) is -0.242. The van der Waals surface area contributed by atoms with Gasteiger partial charge in [-0.1, -0.05) is 5.21 Å². The largest absolute Gasteiger partial charge is 0.444 e. The molecule has 1 rings (SSSR count). The molecule has 0 aromatic carbocycles. The van der Waals surface area contributed by atoms with E-state index >= 15 is 0 Å². The first kappa shape index (κ1) is 13.1. The van der Waals surface area contributed by atoms with Crippen LogP contribution in [0.5, 0.6) is 0 Å². The minimum atomic E-state index is -0.849. The van der Waals surface area contributed by atoms with Gasteiger partial charge in [-0.3, -0.25) is 4.68 Å². The van der Waals surface area contributed by atoms with Crippen molar-refractivity contribution in [2.24, 2.45) is 7.05 Å². The summed E-state index contributed by atoms with van der Waals surface area (Å²) in [6.07, 6.45) is 1.46. The minimum absolute atomic E-state index is 0.369. The Morgan fingerprint density at radius 1 is 1.59 bits per heavy atom. The number of aryl methyl sites for hydroxylation is 1.